The molecule has 0 aliphatic heterocycles. The number of ether oxygens (including phenoxy) is 1. The van der Waals surface area contributed by atoms with Crippen molar-refractivity contribution in [3.05, 3.63) is 79.9 Å². The van der Waals surface area contributed by atoms with Crippen molar-refractivity contribution in [1.29, 1.82) is 0 Å². The van der Waals surface area contributed by atoms with Gasteiger partial charge in [0.15, 0.2) is 5.76 Å². The molecule has 0 spiro atoms. The van der Waals surface area contributed by atoms with Crippen LogP contribution in [0.4, 0.5) is 5.69 Å². The Morgan fingerprint density at radius 3 is 2.50 bits per heavy atom. The predicted molar refractivity (Wildman–Crippen MR) is 94.2 cm³/mol. The average Bonchev–Trinajstić information content (AvgIpc) is 3.09. The van der Waals surface area contributed by atoms with Crippen LogP contribution in [0.15, 0.2) is 53.1 Å². The van der Waals surface area contributed by atoms with Crippen molar-refractivity contribution in [1.82, 2.24) is 5.16 Å². The Labute approximate surface area is 157 Å². The lowest BCUT2D eigenvalue weighted by molar-refractivity contribution is -0.385. The van der Waals surface area contributed by atoms with Crippen LogP contribution in [0.25, 0.3) is 11.3 Å². The van der Waals surface area contributed by atoms with Gasteiger partial charge in [0.1, 0.15) is 17.9 Å². The number of carbonyl (C=O) groups excluding carboxylic acids is 1. The molecule has 2 aromatic carbocycles. The second-order valence-corrected chi connectivity index (χ2v) is 6.06. The fourth-order valence-corrected chi connectivity index (χ4v) is 2.48. The Balaban J connectivity index is 1.72. The van der Waals surface area contributed by atoms with Gasteiger partial charge in [-0.2, -0.15) is 0 Å². The molecule has 1 aromatic heterocycles. The zero-order valence-corrected chi connectivity index (χ0v) is 14.5. The quantitative estimate of drug-likeness (QED) is 0.347. The van der Waals surface area contributed by atoms with Gasteiger partial charge in [-0.25, -0.2) is 4.79 Å². The summed E-state index contributed by atoms with van der Waals surface area (Å²) in [6.45, 7) is -0.209. The third-order valence-corrected chi connectivity index (χ3v) is 3.90. The first kappa shape index (κ1) is 17.9. The van der Waals surface area contributed by atoms with E-state index >= 15 is 0 Å². The molecule has 3 rings (SSSR count). The molecule has 0 radical (unpaired) electrons. The molecular formula is C17H10Cl2N2O5. The van der Waals surface area contributed by atoms with Crippen LogP contribution < -0.4 is 0 Å². The first-order chi connectivity index (χ1) is 12.4. The van der Waals surface area contributed by atoms with Crippen molar-refractivity contribution in [3.63, 3.8) is 0 Å². The van der Waals surface area contributed by atoms with Gasteiger partial charge in [0.25, 0.3) is 5.69 Å². The zero-order chi connectivity index (χ0) is 18.7. The fourth-order valence-electron chi connectivity index (χ4n) is 2.18. The van der Waals surface area contributed by atoms with E-state index in [1.807, 2.05) is 0 Å². The van der Waals surface area contributed by atoms with Crippen molar-refractivity contribution in [2.75, 3.05) is 0 Å². The summed E-state index contributed by atoms with van der Waals surface area (Å²) in [5.74, 6) is -0.406. The summed E-state index contributed by atoms with van der Waals surface area (Å²) in [7, 11) is 0. The number of halogens is 2. The first-order valence-electron chi connectivity index (χ1n) is 7.26. The molecule has 1 heterocycles. The summed E-state index contributed by atoms with van der Waals surface area (Å²) in [4.78, 5) is 22.5. The van der Waals surface area contributed by atoms with E-state index in [0.717, 1.165) is 11.6 Å². The number of hydrogen-bond donors (Lipinski definition) is 0. The molecule has 0 unspecified atom stereocenters. The Kier molecular flexibility index (Phi) is 5.20. The smallest absolute Gasteiger partial charge is 0.345 e. The normalized spacial score (nSPS) is 10.5. The summed E-state index contributed by atoms with van der Waals surface area (Å²) >= 11 is 11.6. The molecule has 7 nitrogen and oxygen atoms in total. The van der Waals surface area contributed by atoms with Crippen molar-refractivity contribution >= 4 is 34.9 Å². The van der Waals surface area contributed by atoms with E-state index in [0.29, 0.717) is 16.5 Å². The second kappa shape index (κ2) is 7.55. The van der Waals surface area contributed by atoms with E-state index in [9.17, 15) is 14.9 Å². The highest BCUT2D eigenvalue weighted by atomic mass is 35.5. The molecule has 0 aliphatic carbocycles. The number of benzene rings is 2. The van der Waals surface area contributed by atoms with Crippen molar-refractivity contribution < 1.29 is 19.0 Å². The Hall–Kier alpha value is -2.90. The number of hydrogen-bond acceptors (Lipinski definition) is 6. The van der Waals surface area contributed by atoms with Gasteiger partial charge in [-0.05, 0) is 36.4 Å². The highest BCUT2D eigenvalue weighted by Crippen LogP contribution is 2.25. The molecule has 0 saturated carbocycles. The van der Waals surface area contributed by atoms with Gasteiger partial charge in [0.05, 0.1) is 4.92 Å². The topological polar surface area (TPSA) is 95.5 Å². The van der Waals surface area contributed by atoms with Crippen LogP contribution in [0.3, 0.4) is 0 Å². The van der Waals surface area contributed by atoms with E-state index in [1.165, 1.54) is 12.1 Å². The van der Waals surface area contributed by atoms with Crippen LogP contribution >= 0.6 is 23.2 Å². The highest BCUT2D eigenvalue weighted by molar-refractivity contribution is 6.31. The van der Waals surface area contributed by atoms with E-state index in [4.69, 9.17) is 32.5 Å². The third kappa shape index (κ3) is 4.01. The van der Waals surface area contributed by atoms with Gasteiger partial charge in [0, 0.05) is 27.7 Å². The second-order valence-electron chi connectivity index (χ2n) is 5.18. The van der Waals surface area contributed by atoms with Crippen molar-refractivity contribution in [2.45, 2.75) is 6.61 Å². The molecule has 132 valence electrons. The molecule has 0 N–H and O–H groups in total. The molecular weight excluding hydrogens is 383 g/mol. The monoisotopic (exact) mass is 392 g/mol. The SMILES string of the molecule is O=C(OCc1cc(-c2ccc(Cl)cc2)on1)c1cc(Cl)ccc1[N+](=O)[O-]. The zero-order valence-electron chi connectivity index (χ0n) is 13.0. The van der Waals surface area contributed by atoms with Crippen LogP contribution in [0, 0.1) is 10.1 Å². The molecule has 0 atom stereocenters. The summed E-state index contributed by atoms with van der Waals surface area (Å²) in [6, 6.07) is 12.2. The van der Waals surface area contributed by atoms with Crippen LogP contribution in [0.1, 0.15) is 16.1 Å². The summed E-state index contributed by atoms with van der Waals surface area (Å²) in [6.07, 6.45) is 0. The molecule has 0 aliphatic rings. The maximum Gasteiger partial charge on any atom is 0.345 e. The lowest BCUT2D eigenvalue weighted by Gasteiger charge is -2.04. The van der Waals surface area contributed by atoms with E-state index in [-0.39, 0.29) is 22.9 Å². The lowest BCUT2D eigenvalue weighted by atomic mass is 10.1. The average molecular weight is 393 g/mol. The first-order valence-corrected chi connectivity index (χ1v) is 8.02. The number of carbonyl (C=O) groups is 1. The largest absolute Gasteiger partial charge is 0.455 e. The predicted octanol–water partition coefficient (Wildman–Crippen LogP) is 4.91. The molecule has 26 heavy (non-hydrogen) atoms. The molecule has 0 fully saturated rings. The van der Waals surface area contributed by atoms with Crippen LogP contribution in [0.5, 0.6) is 0 Å². The minimum Gasteiger partial charge on any atom is -0.455 e. The molecule has 0 bridgehead atoms. The maximum absolute atomic E-state index is 12.2. The number of aromatic nitrogens is 1. The Morgan fingerprint density at radius 2 is 1.81 bits per heavy atom. The van der Waals surface area contributed by atoms with Gasteiger partial charge in [-0.3, -0.25) is 10.1 Å². The van der Waals surface area contributed by atoms with E-state index < -0.39 is 10.9 Å². The van der Waals surface area contributed by atoms with Crippen molar-refractivity contribution in [3.8, 4) is 11.3 Å². The summed E-state index contributed by atoms with van der Waals surface area (Å²) < 4.78 is 10.3. The van der Waals surface area contributed by atoms with Gasteiger partial charge >= 0.3 is 5.97 Å². The van der Waals surface area contributed by atoms with Crippen molar-refractivity contribution in [2.24, 2.45) is 0 Å². The Morgan fingerprint density at radius 1 is 1.12 bits per heavy atom. The number of nitro benzene ring substituents is 1. The van der Waals surface area contributed by atoms with Crippen LogP contribution in [-0.2, 0) is 11.3 Å². The van der Waals surface area contributed by atoms with Gasteiger partial charge < -0.3 is 9.26 Å². The number of rotatable bonds is 5. The number of nitrogens with zero attached hydrogens (tertiary/aromatic N) is 2. The van der Waals surface area contributed by atoms with E-state index in [1.54, 1.807) is 30.3 Å². The molecule has 0 saturated heterocycles. The van der Waals surface area contributed by atoms with Gasteiger partial charge in [-0.1, -0.05) is 28.4 Å². The maximum atomic E-state index is 12.2. The number of esters is 1. The minimum atomic E-state index is -0.879. The standard InChI is InChI=1S/C17H10Cl2N2O5/c18-11-3-1-10(2-4-11)16-8-13(20-26-16)9-25-17(22)14-7-12(19)5-6-15(14)21(23)24/h1-8H,9H2. The molecule has 0 amide bonds. The van der Waals surface area contributed by atoms with E-state index in [2.05, 4.69) is 5.16 Å². The number of nitro groups is 1. The van der Waals surface area contributed by atoms with Gasteiger partial charge in [0.2, 0.25) is 0 Å². The molecule has 9 heteroatoms. The molecule has 3 aromatic rings. The van der Waals surface area contributed by atoms with Crippen LogP contribution in [-0.4, -0.2) is 16.0 Å². The highest BCUT2D eigenvalue weighted by Gasteiger charge is 2.22. The Bertz CT molecular complexity index is 970. The lowest BCUT2D eigenvalue weighted by Crippen LogP contribution is -2.08. The fraction of sp³-hybridized carbons (Fsp3) is 0.0588. The summed E-state index contributed by atoms with van der Waals surface area (Å²) in [5, 5.41) is 15.6. The summed E-state index contributed by atoms with van der Waals surface area (Å²) in [5.41, 5.74) is 0.489. The minimum absolute atomic E-state index is 0.189. The van der Waals surface area contributed by atoms with Crippen LogP contribution in [0.2, 0.25) is 10.0 Å². The van der Waals surface area contributed by atoms with Gasteiger partial charge in [-0.15, -0.1) is 0 Å². The third-order valence-electron chi connectivity index (χ3n) is 3.41.